The lowest BCUT2D eigenvalue weighted by atomic mass is 10.0. The van der Waals surface area contributed by atoms with Gasteiger partial charge in [0.15, 0.2) is 0 Å². The number of rotatable bonds is 4. The van der Waals surface area contributed by atoms with Crippen molar-refractivity contribution in [3.05, 3.63) is 34.7 Å². The minimum absolute atomic E-state index is 0.373. The van der Waals surface area contributed by atoms with Crippen LogP contribution in [0.4, 0.5) is 0 Å². The minimum Gasteiger partial charge on any atom is -0.497 e. The van der Waals surface area contributed by atoms with Crippen LogP contribution in [0.5, 0.6) is 5.75 Å². The smallest absolute Gasteiger partial charge is 0.119 e. The van der Waals surface area contributed by atoms with Crippen molar-refractivity contribution in [1.82, 2.24) is 0 Å². The molecule has 0 spiro atoms. The molecule has 0 amide bonds. The van der Waals surface area contributed by atoms with Gasteiger partial charge < -0.3 is 10.5 Å². The zero-order valence-corrected chi connectivity index (χ0v) is 8.31. The second kappa shape index (κ2) is 4.72. The SMILES string of the molecule is COc1cccc(C(N)C(C)N=O)c1. The van der Waals surface area contributed by atoms with Gasteiger partial charge in [-0.15, -0.1) is 0 Å². The second-order valence-electron chi connectivity index (χ2n) is 3.15. The molecule has 0 fully saturated rings. The van der Waals surface area contributed by atoms with E-state index in [1.54, 1.807) is 14.0 Å². The first kappa shape index (κ1) is 10.7. The highest BCUT2D eigenvalue weighted by molar-refractivity contribution is 5.31. The summed E-state index contributed by atoms with van der Waals surface area (Å²) in [6.07, 6.45) is 0. The minimum atomic E-state index is -0.429. The van der Waals surface area contributed by atoms with Crippen LogP contribution in [0.2, 0.25) is 0 Å². The Labute approximate surface area is 83.0 Å². The molecule has 14 heavy (non-hydrogen) atoms. The summed E-state index contributed by atoms with van der Waals surface area (Å²) in [6, 6.07) is 6.53. The zero-order chi connectivity index (χ0) is 10.6. The maximum Gasteiger partial charge on any atom is 0.119 e. The number of benzene rings is 1. The van der Waals surface area contributed by atoms with Crippen molar-refractivity contribution < 1.29 is 4.74 Å². The Balaban J connectivity index is 2.89. The highest BCUT2D eigenvalue weighted by Crippen LogP contribution is 2.20. The number of nitroso groups, excluding NO2 is 1. The van der Waals surface area contributed by atoms with E-state index < -0.39 is 6.04 Å². The molecule has 0 bridgehead atoms. The van der Waals surface area contributed by atoms with Crippen molar-refractivity contribution in [2.45, 2.75) is 19.0 Å². The molecule has 2 N–H and O–H groups in total. The van der Waals surface area contributed by atoms with Gasteiger partial charge >= 0.3 is 0 Å². The van der Waals surface area contributed by atoms with Gasteiger partial charge in [-0.3, -0.25) is 0 Å². The predicted molar refractivity (Wildman–Crippen MR) is 55.2 cm³/mol. The maximum absolute atomic E-state index is 10.3. The topological polar surface area (TPSA) is 64.7 Å². The van der Waals surface area contributed by atoms with E-state index in [0.717, 1.165) is 11.3 Å². The van der Waals surface area contributed by atoms with Crippen molar-refractivity contribution in [2.24, 2.45) is 10.9 Å². The second-order valence-corrected chi connectivity index (χ2v) is 3.15. The largest absolute Gasteiger partial charge is 0.497 e. The molecule has 0 saturated heterocycles. The fraction of sp³-hybridized carbons (Fsp3) is 0.400. The Hall–Kier alpha value is -1.42. The fourth-order valence-corrected chi connectivity index (χ4v) is 1.19. The lowest BCUT2D eigenvalue weighted by Gasteiger charge is -2.14. The van der Waals surface area contributed by atoms with Gasteiger partial charge in [0.05, 0.1) is 13.2 Å². The van der Waals surface area contributed by atoms with Gasteiger partial charge in [0, 0.05) is 0 Å². The summed E-state index contributed by atoms with van der Waals surface area (Å²) in [6.45, 7) is 1.69. The van der Waals surface area contributed by atoms with Crippen LogP contribution >= 0.6 is 0 Å². The van der Waals surface area contributed by atoms with E-state index in [9.17, 15) is 4.91 Å². The lowest BCUT2D eigenvalue weighted by molar-refractivity contribution is 0.413. The van der Waals surface area contributed by atoms with E-state index in [1.807, 2.05) is 24.3 Å². The molecule has 1 aromatic carbocycles. The van der Waals surface area contributed by atoms with Crippen molar-refractivity contribution in [3.8, 4) is 5.75 Å². The van der Waals surface area contributed by atoms with E-state index in [0.29, 0.717) is 0 Å². The van der Waals surface area contributed by atoms with E-state index >= 15 is 0 Å². The molecule has 2 atom stereocenters. The fourth-order valence-electron chi connectivity index (χ4n) is 1.19. The van der Waals surface area contributed by atoms with Crippen LogP contribution in [0.25, 0.3) is 0 Å². The zero-order valence-electron chi connectivity index (χ0n) is 8.31. The highest BCUT2D eigenvalue weighted by Gasteiger charge is 2.15. The lowest BCUT2D eigenvalue weighted by Crippen LogP contribution is -2.21. The van der Waals surface area contributed by atoms with Crippen LogP contribution in [0.1, 0.15) is 18.5 Å². The Bertz CT molecular complexity index is 315. The average molecular weight is 194 g/mol. The Morgan fingerprint density at radius 3 is 2.79 bits per heavy atom. The third kappa shape index (κ3) is 2.29. The van der Waals surface area contributed by atoms with Gasteiger partial charge in [-0.1, -0.05) is 17.3 Å². The van der Waals surface area contributed by atoms with Crippen molar-refractivity contribution in [3.63, 3.8) is 0 Å². The average Bonchev–Trinajstić information content (AvgIpc) is 2.27. The van der Waals surface area contributed by atoms with Gasteiger partial charge in [-0.2, -0.15) is 4.91 Å². The van der Waals surface area contributed by atoms with Crippen LogP contribution < -0.4 is 10.5 Å². The van der Waals surface area contributed by atoms with Crippen molar-refractivity contribution in [2.75, 3.05) is 7.11 Å². The third-order valence-electron chi connectivity index (χ3n) is 2.16. The summed E-state index contributed by atoms with van der Waals surface area (Å²) < 4.78 is 5.05. The van der Waals surface area contributed by atoms with Crippen LogP contribution in [-0.2, 0) is 0 Å². The first-order valence-electron chi connectivity index (χ1n) is 4.41. The van der Waals surface area contributed by atoms with Crippen molar-refractivity contribution >= 4 is 0 Å². The summed E-state index contributed by atoms with van der Waals surface area (Å²) >= 11 is 0. The maximum atomic E-state index is 10.3. The van der Waals surface area contributed by atoms with Gasteiger partial charge in [0.2, 0.25) is 0 Å². The van der Waals surface area contributed by atoms with Crippen LogP contribution in [0.15, 0.2) is 29.4 Å². The number of ether oxygens (including phenoxy) is 1. The van der Waals surface area contributed by atoms with Crippen LogP contribution in [-0.4, -0.2) is 13.2 Å². The van der Waals surface area contributed by atoms with Crippen molar-refractivity contribution in [1.29, 1.82) is 0 Å². The van der Waals surface area contributed by atoms with E-state index in [1.165, 1.54) is 0 Å². The first-order valence-corrected chi connectivity index (χ1v) is 4.41. The number of nitrogens with zero attached hydrogens (tertiary/aromatic N) is 1. The Morgan fingerprint density at radius 1 is 1.50 bits per heavy atom. The predicted octanol–water partition coefficient (Wildman–Crippen LogP) is 1.85. The Kier molecular flexibility index (Phi) is 3.59. The first-order chi connectivity index (χ1) is 6.69. The number of methoxy groups -OCH3 is 1. The molecule has 1 aromatic rings. The summed E-state index contributed by atoms with van der Waals surface area (Å²) in [5.74, 6) is 0.732. The quantitative estimate of drug-likeness (QED) is 0.744. The number of hydrogen-bond acceptors (Lipinski definition) is 4. The molecule has 0 aliphatic carbocycles. The van der Waals surface area contributed by atoms with Gasteiger partial charge in [0.25, 0.3) is 0 Å². The van der Waals surface area contributed by atoms with E-state index in [4.69, 9.17) is 10.5 Å². The van der Waals surface area contributed by atoms with E-state index in [2.05, 4.69) is 5.18 Å². The Morgan fingerprint density at radius 2 is 2.21 bits per heavy atom. The number of hydrogen-bond donors (Lipinski definition) is 1. The molecule has 0 saturated carbocycles. The summed E-state index contributed by atoms with van der Waals surface area (Å²) in [4.78, 5) is 10.3. The van der Waals surface area contributed by atoms with Crippen LogP contribution in [0.3, 0.4) is 0 Å². The molecule has 4 nitrogen and oxygen atoms in total. The molecular weight excluding hydrogens is 180 g/mol. The molecule has 0 radical (unpaired) electrons. The normalized spacial score (nSPS) is 14.5. The third-order valence-corrected chi connectivity index (χ3v) is 2.16. The monoisotopic (exact) mass is 194 g/mol. The molecule has 2 unspecified atom stereocenters. The summed E-state index contributed by atoms with van der Waals surface area (Å²) in [7, 11) is 1.59. The molecular formula is C10H14N2O2. The molecule has 0 aliphatic heterocycles. The van der Waals surface area contributed by atoms with Crippen LogP contribution in [0, 0.1) is 4.91 Å². The molecule has 76 valence electrons. The molecule has 0 aromatic heterocycles. The molecule has 0 aliphatic rings. The standard InChI is InChI=1S/C10H14N2O2/c1-7(12-13)10(11)8-4-3-5-9(6-8)14-2/h3-7,10H,11H2,1-2H3. The molecule has 0 heterocycles. The number of nitrogens with two attached hydrogens (primary N) is 1. The summed E-state index contributed by atoms with van der Waals surface area (Å²) in [5.41, 5.74) is 6.68. The van der Waals surface area contributed by atoms with Gasteiger partial charge in [0.1, 0.15) is 11.8 Å². The van der Waals surface area contributed by atoms with Gasteiger partial charge in [-0.05, 0) is 24.6 Å². The summed E-state index contributed by atoms with van der Waals surface area (Å²) in [5, 5.41) is 2.90. The highest BCUT2D eigenvalue weighted by atomic mass is 16.5. The molecule has 4 heteroatoms. The van der Waals surface area contributed by atoms with Gasteiger partial charge in [-0.25, -0.2) is 0 Å². The molecule has 1 rings (SSSR count). The van der Waals surface area contributed by atoms with E-state index in [-0.39, 0.29) is 6.04 Å².